The second-order valence-electron chi connectivity index (χ2n) is 11.2. The molecule has 2 amide bonds. The first-order valence-corrected chi connectivity index (χ1v) is 14.6. The Bertz CT molecular complexity index is 905. The van der Waals surface area contributed by atoms with Gasteiger partial charge in [-0.3, -0.25) is 14.4 Å². The molecule has 9 heteroatoms. The Balaban J connectivity index is 1.77. The van der Waals surface area contributed by atoms with E-state index in [2.05, 4.69) is 29.1 Å². The molecule has 206 valence electrons. The van der Waals surface area contributed by atoms with Crippen LogP contribution in [0.3, 0.4) is 0 Å². The fourth-order valence-corrected chi connectivity index (χ4v) is 7.98. The van der Waals surface area contributed by atoms with E-state index in [-0.39, 0.29) is 41.8 Å². The van der Waals surface area contributed by atoms with Crippen molar-refractivity contribution in [3.05, 3.63) is 25.3 Å². The van der Waals surface area contributed by atoms with Crippen molar-refractivity contribution in [3.63, 3.8) is 0 Å². The Morgan fingerprint density at radius 1 is 1.27 bits per heavy atom. The zero-order valence-corrected chi connectivity index (χ0v) is 23.6. The molecule has 1 spiro atoms. The summed E-state index contributed by atoms with van der Waals surface area (Å²) in [7, 11) is 0. The maximum atomic E-state index is 14.5. The van der Waals surface area contributed by atoms with Crippen LogP contribution in [0.5, 0.6) is 0 Å². The van der Waals surface area contributed by atoms with Crippen molar-refractivity contribution >= 4 is 33.7 Å². The number of aliphatic hydroxyl groups is 1. The van der Waals surface area contributed by atoms with Crippen LogP contribution in [0.1, 0.15) is 58.8 Å². The predicted octanol–water partition coefficient (Wildman–Crippen LogP) is 3.22. The van der Waals surface area contributed by atoms with E-state index in [4.69, 9.17) is 9.47 Å². The lowest BCUT2D eigenvalue weighted by atomic mass is 9.70. The zero-order chi connectivity index (χ0) is 26.9. The van der Waals surface area contributed by atoms with Gasteiger partial charge in [0, 0.05) is 17.4 Å². The number of carbonyl (C=O) groups excluding carboxylic acids is 3. The Kier molecular flexibility index (Phi) is 8.86. The second-order valence-corrected chi connectivity index (χ2v) is 12.4. The van der Waals surface area contributed by atoms with E-state index in [1.54, 1.807) is 17.1 Å². The molecule has 8 nitrogen and oxygen atoms in total. The molecule has 0 aromatic rings. The Hall–Kier alpha value is -1.71. The highest BCUT2D eigenvalue weighted by atomic mass is 79.9. The molecule has 3 aliphatic heterocycles. The third-order valence-corrected chi connectivity index (χ3v) is 9.58. The number of esters is 1. The molecule has 4 rings (SSSR count). The van der Waals surface area contributed by atoms with Gasteiger partial charge in [0.2, 0.25) is 11.8 Å². The normalized spacial score (nSPS) is 33.9. The molecule has 37 heavy (non-hydrogen) atoms. The lowest BCUT2D eigenvalue weighted by molar-refractivity contribution is -0.157. The summed E-state index contributed by atoms with van der Waals surface area (Å²) >= 11 is 3.69. The fourth-order valence-electron chi connectivity index (χ4n) is 7.04. The van der Waals surface area contributed by atoms with Gasteiger partial charge in [-0.2, -0.15) is 0 Å². The number of ether oxygens (including phenoxy) is 2. The van der Waals surface area contributed by atoms with Crippen LogP contribution in [0.4, 0.5) is 0 Å². The number of alkyl halides is 1. The van der Waals surface area contributed by atoms with Gasteiger partial charge in [-0.05, 0) is 31.6 Å². The molecule has 0 aromatic carbocycles. The third-order valence-electron chi connectivity index (χ3n) is 8.74. The number of nitrogens with zero attached hydrogens (tertiary/aromatic N) is 2. The van der Waals surface area contributed by atoms with Gasteiger partial charge in [-0.25, -0.2) is 0 Å². The Morgan fingerprint density at radius 2 is 1.97 bits per heavy atom. The molecule has 0 radical (unpaired) electrons. The van der Waals surface area contributed by atoms with Crippen LogP contribution < -0.4 is 0 Å². The van der Waals surface area contributed by atoms with Gasteiger partial charge >= 0.3 is 5.97 Å². The topological polar surface area (TPSA) is 96.4 Å². The largest absolute Gasteiger partial charge is 0.465 e. The van der Waals surface area contributed by atoms with Crippen molar-refractivity contribution in [2.24, 2.45) is 17.8 Å². The summed E-state index contributed by atoms with van der Waals surface area (Å²) < 4.78 is 12.1. The zero-order valence-electron chi connectivity index (χ0n) is 22.0. The smallest absolute Gasteiger partial charge is 0.312 e. The minimum atomic E-state index is -1.16. The SMILES string of the molecule is C=CCCOC(=O)[C@H]1[C@@H]2OC3(CC2Br)C(C(=O)N(CC=C)C2CCCCC2)N([C@@H](CO)C(C)C)C(=O)[C@H]13. The van der Waals surface area contributed by atoms with E-state index in [1.165, 1.54) is 0 Å². The molecule has 3 unspecified atom stereocenters. The summed E-state index contributed by atoms with van der Waals surface area (Å²) in [6.45, 7) is 11.7. The van der Waals surface area contributed by atoms with E-state index in [1.807, 2.05) is 18.7 Å². The molecule has 0 aromatic heterocycles. The van der Waals surface area contributed by atoms with E-state index in [0.717, 1.165) is 32.1 Å². The van der Waals surface area contributed by atoms with Gasteiger partial charge in [0.1, 0.15) is 11.6 Å². The summed E-state index contributed by atoms with van der Waals surface area (Å²) in [5.74, 6) is -2.71. The average molecular weight is 582 g/mol. The second kappa shape index (κ2) is 11.6. The van der Waals surface area contributed by atoms with Gasteiger partial charge < -0.3 is 24.4 Å². The number of carbonyl (C=O) groups is 3. The molecule has 7 atom stereocenters. The summed E-state index contributed by atoms with van der Waals surface area (Å²) in [6.07, 6.45) is 8.86. The summed E-state index contributed by atoms with van der Waals surface area (Å²) in [6, 6.07) is -1.44. The van der Waals surface area contributed by atoms with Crippen LogP contribution in [0.15, 0.2) is 25.3 Å². The minimum absolute atomic E-state index is 0.0660. The van der Waals surface area contributed by atoms with Gasteiger partial charge in [0.15, 0.2) is 0 Å². The van der Waals surface area contributed by atoms with Crippen molar-refractivity contribution in [2.75, 3.05) is 19.8 Å². The molecular formula is C28H41BrN2O6. The monoisotopic (exact) mass is 580 g/mol. The molecule has 4 fully saturated rings. The number of hydrogen-bond donors (Lipinski definition) is 1. The molecule has 2 bridgehead atoms. The number of hydrogen-bond acceptors (Lipinski definition) is 6. The number of amides is 2. The first-order valence-electron chi connectivity index (χ1n) is 13.7. The lowest BCUT2D eigenvalue weighted by Crippen LogP contribution is -2.61. The third kappa shape index (κ3) is 4.80. The van der Waals surface area contributed by atoms with Gasteiger partial charge in [-0.1, -0.05) is 61.2 Å². The standard InChI is InChI=1S/C28H41BrN2O6/c1-5-7-14-36-27(35)21-22-25(33)31(20(16-32)17(3)4)24(28(22)15-19(29)23(21)37-28)26(34)30(13-6-2)18-11-9-8-10-12-18/h5-6,17-24,32H,1-2,7-16H2,3-4H3/t19?,20-,21+,22-,23+,24?,28?/m0/s1. The molecule has 4 aliphatic rings. The molecular weight excluding hydrogens is 540 g/mol. The van der Waals surface area contributed by atoms with Crippen LogP contribution >= 0.6 is 15.9 Å². The maximum Gasteiger partial charge on any atom is 0.312 e. The maximum absolute atomic E-state index is 14.5. The van der Waals surface area contributed by atoms with Crippen LogP contribution in [0, 0.1) is 17.8 Å². The van der Waals surface area contributed by atoms with E-state index < -0.39 is 41.6 Å². The van der Waals surface area contributed by atoms with Gasteiger partial charge in [0.25, 0.3) is 0 Å². The molecule has 1 aliphatic carbocycles. The number of aliphatic hydroxyl groups excluding tert-OH is 1. The number of halogens is 1. The first kappa shape index (κ1) is 28.3. The van der Waals surface area contributed by atoms with E-state index >= 15 is 0 Å². The van der Waals surface area contributed by atoms with Crippen molar-refractivity contribution in [1.82, 2.24) is 9.80 Å². The molecule has 3 saturated heterocycles. The van der Waals surface area contributed by atoms with Crippen LogP contribution in [-0.4, -0.2) is 87.1 Å². The van der Waals surface area contributed by atoms with Crippen LogP contribution in [0.25, 0.3) is 0 Å². The molecule has 3 heterocycles. The van der Waals surface area contributed by atoms with Gasteiger partial charge in [0.05, 0.1) is 37.2 Å². The summed E-state index contributed by atoms with van der Waals surface area (Å²) in [5, 5.41) is 10.4. The van der Waals surface area contributed by atoms with E-state index in [9.17, 15) is 19.5 Å². The molecule has 1 saturated carbocycles. The number of rotatable bonds is 11. The minimum Gasteiger partial charge on any atom is -0.465 e. The van der Waals surface area contributed by atoms with Crippen molar-refractivity contribution in [1.29, 1.82) is 0 Å². The van der Waals surface area contributed by atoms with Crippen molar-refractivity contribution in [3.8, 4) is 0 Å². The Labute approximate surface area is 228 Å². The highest BCUT2D eigenvalue weighted by Crippen LogP contribution is 2.61. The van der Waals surface area contributed by atoms with Gasteiger partial charge in [-0.15, -0.1) is 13.2 Å². The highest BCUT2D eigenvalue weighted by Gasteiger charge is 2.77. The van der Waals surface area contributed by atoms with Crippen LogP contribution in [0.2, 0.25) is 0 Å². The molecule has 1 N–H and O–H groups in total. The summed E-state index contributed by atoms with van der Waals surface area (Å²) in [4.78, 5) is 45.3. The quantitative estimate of drug-likeness (QED) is 0.174. The average Bonchev–Trinajstić information content (AvgIpc) is 3.47. The Morgan fingerprint density at radius 3 is 2.57 bits per heavy atom. The highest BCUT2D eigenvalue weighted by molar-refractivity contribution is 9.09. The van der Waals surface area contributed by atoms with Crippen LogP contribution in [-0.2, 0) is 23.9 Å². The first-order chi connectivity index (χ1) is 17.7. The number of fused-ring (bicyclic) bond motifs is 1. The summed E-state index contributed by atoms with van der Waals surface area (Å²) in [5.41, 5.74) is -1.16. The van der Waals surface area contributed by atoms with E-state index in [0.29, 0.717) is 19.4 Å². The lowest BCUT2D eigenvalue weighted by Gasteiger charge is -2.43. The number of likely N-dealkylation sites (tertiary alicyclic amines) is 1. The van der Waals surface area contributed by atoms with Crippen molar-refractivity contribution < 1.29 is 29.0 Å². The fraction of sp³-hybridized carbons (Fsp3) is 0.750. The van der Waals surface area contributed by atoms with Crippen molar-refractivity contribution in [2.45, 2.75) is 93.5 Å². The predicted molar refractivity (Wildman–Crippen MR) is 143 cm³/mol.